The van der Waals surface area contributed by atoms with Crippen LogP contribution in [-0.2, 0) is 14.4 Å². The molecule has 0 saturated carbocycles. The molecular weight excluding hydrogens is 318 g/mol. The number of carbonyl (C=O) groups is 4. The number of ether oxygens (including phenoxy) is 2. The highest BCUT2D eigenvalue weighted by atomic mass is 16.7. The summed E-state index contributed by atoms with van der Waals surface area (Å²) in [5.74, 6) is -1.60. The minimum atomic E-state index is -1.04. The number of carbonyl (C=O) groups excluding carboxylic acids is 4. The molecule has 1 N–H and O–H groups in total. The molecule has 124 valence electrons. The molecule has 9 nitrogen and oxygen atoms in total. The van der Waals surface area contributed by atoms with E-state index in [0.29, 0.717) is 22.1 Å². The molecule has 1 aromatic carbocycles. The number of nitrogens with one attached hydrogen (secondary N) is 1. The van der Waals surface area contributed by atoms with Gasteiger partial charge in [0.25, 0.3) is 0 Å². The second-order valence-electron chi connectivity index (χ2n) is 4.99. The molecule has 0 spiro atoms. The fraction of sp³-hybridized carbons (Fsp3) is 0.200. The summed E-state index contributed by atoms with van der Waals surface area (Å²) in [6, 6.07) is 3.93. The number of nitrogens with zero attached hydrogens (tertiary/aromatic N) is 2. The summed E-state index contributed by atoms with van der Waals surface area (Å²) in [5, 5.41) is 2.53. The first-order valence-electron chi connectivity index (χ1n) is 6.99. The summed E-state index contributed by atoms with van der Waals surface area (Å²) in [6.45, 7) is 2.86. The largest absolute Gasteiger partial charge is 0.454 e. The van der Waals surface area contributed by atoms with Crippen LogP contribution < -0.4 is 14.8 Å². The van der Waals surface area contributed by atoms with Crippen LogP contribution in [0.25, 0.3) is 0 Å². The zero-order chi connectivity index (χ0) is 17.3. The minimum absolute atomic E-state index is 0.0936. The van der Waals surface area contributed by atoms with Gasteiger partial charge < -0.3 is 14.8 Å². The van der Waals surface area contributed by atoms with Crippen molar-refractivity contribution in [2.75, 3.05) is 25.2 Å². The van der Waals surface area contributed by atoms with E-state index in [-0.39, 0.29) is 13.3 Å². The third-order valence-electron chi connectivity index (χ3n) is 3.40. The Kier molecular flexibility index (Phi) is 3.90. The Morgan fingerprint density at radius 3 is 2.62 bits per heavy atom. The highest BCUT2D eigenvalue weighted by Gasteiger charge is 2.44. The van der Waals surface area contributed by atoms with Gasteiger partial charge >= 0.3 is 17.8 Å². The van der Waals surface area contributed by atoms with Crippen molar-refractivity contribution in [1.82, 2.24) is 9.80 Å². The molecule has 5 amide bonds. The van der Waals surface area contributed by atoms with E-state index < -0.39 is 30.3 Å². The Morgan fingerprint density at radius 2 is 1.88 bits per heavy atom. The van der Waals surface area contributed by atoms with Crippen molar-refractivity contribution >= 4 is 29.4 Å². The normalized spacial score (nSPS) is 15.9. The molecule has 0 radical (unpaired) electrons. The molecule has 1 fully saturated rings. The summed E-state index contributed by atoms with van der Waals surface area (Å²) in [6.07, 6.45) is 1.32. The predicted octanol–water partition coefficient (Wildman–Crippen LogP) is 0.331. The molecule has 1 aromatic rings. The van der Waals surface area contributed by atoms with E-state index in [1.54, 1.807) is 18.2 Å². The number of urea groups is 1. The maximum atomic E-state index is 12.1. The van der Waals surface area contributed by atoms with E-state index in [1.165, 1.54) is 6.08 Å². The summed E-state index contributed by atoms with van der Waals surface area (Å²) in [7, 11) is 0. The number of fused-ring (bicyclic) bond motifs is 1. The van der Waals surface area contributed by atoms with E-state index in [0.717, 1.165) is 4.90 Å². The number of amides is 5. The van der Waals surface area contributed by atoms with Crippen molar-refractivity contribution in [3.05, 3.63) is 30.9 Å². The van der Waals surface area contributed by atoms with Gasteiger partial charge in [0, 0.05) is 18.3 Å². The number of anilines is 1. The maximum Gasteiger partial charge on any atom is 0.335 e. The molecule has 9 heteroatoms. The molecule has 0 aliphatic carbocycles. The highest BCUT2D eigenvalue weighted by molar-refractivity contribution is 6.45. The third kappa shape index (κ3) is 2.67. The van der Waals surface area contributed by atoms with E-state index in [4.69, 9.17) is 9.47 Å². The molecule has 0 aromatic heterocycles. The lowest BCUT2D eigenvalue weighted by atomic mass is 10.2. The van der Waals surface area contributed by atoms with Crippen molar-refractivity contribution < 1.29 is 28.7 Å². The third-order valence-corrected chi connectivity index (χ3v) is 3.40. The Hall–Kier alpha value is -3.36. The van der Waals surface area contributed by atoms with E-state index in [2.05, 4.69) is 11.9 Å². The van der Waals surface area contributed by atoms with E-state index in [9.17, 15) is 19.2 Å². The maximum absolute atomic E-state index is 12.1. The average molecular weight is 331 g/mol. The van der Waals surface area contributed by atoms with Crippen LogP contribution in [0, 0.1) is 0 Å². The van der Waals surface area contributed by atoms with Crippen molar-refractivity contribution in [3.63, 3.8) is 0 Å². The van der Waals surface area contributed by atoms with Gasteiger partial charge in [-0.15, -0.1) is 6.58 Å². The van der Waals surface area contributed by atoms with E-state index >= 15 is 0 Å². The van der Waals surface area contributed by atoms with Crippen molar-refractivity contribution in [3.8, 4) is 11.5 Å². The number of rotatable bonds is 5. The van der Waals surface area contributed by atoms with Gasteiger partial charge in [-0.1, -0.05) is 6.08 Å². The lowest BCUT2D eigenvalue weighted by molar-refractivity contribution is -0.143. The van der Waals surface area contributed by atoms with Crippen LogP contribution in [0.5, 0.6) is 11.5 Å². The quantitative estimate of drug-likeness (QED) is 0.473. The first-order valence-corrected chi connectivity index (χ1v) is 6.99. The Morgan fingerprint density at radius 1 is 1.17 bits per heavy atom. The van der Waals surface area contributed by atoms with Gasteiger partial charge in [-0.2, -0.15) is 0 Å². The lowest BCUT2D eigenvalue weighted by Gasteiger charge is -2.14. The SMILES string of the molecule is C=CCN1C(=O)C(=O)N(CC(=O)Nc2ccc3c(c2)OCO3)C1=O. The van der Waals surface area contributed by atoms with Gasteiger partial charge in [0.1, 0.15) is 6.54 Å². The molecule has 1 saturated heterocycles. The predicted molar refractivity (Wildman–Crippen MR) is 80.2 cm³/mol. The molecule has 0 unspecified atom stereocenters. The fourth-order valence-electron chi connectivity index (χ4n) is 2.30. The first kappa shape index (κ1) is 15.5. The monoisotopic (exact) mass is 331 g/mol. The van der Waals surface area contributed by atoms with E-state index in [1.807, 2.05) is 0 Å². The molecule has 24 heavy (non-hydrogen) atoms. The second kappa shape index (κ2) is 6.03. The molecular formula is C15H13N3O6. The number of hydrogen-bond donors (Lipinski definition) is 1. The molecule has 0 atom stereocenters. The minimum Gasteiger partial charge on any atom is -0.454 e. The molecule has 3 rings (SSSR count). The zero-order valence-electron chi connectivity index (χ0n) is 12.5. The summed E-state index contributed by atoms with van der Waals surface area (Å²) in [5.41, 5.74) is 0.414. The number of imide groups is 2. The Labute approximate surface area is 136 Å². The topological polar surface area (TPSA) is 105 Å². The van der Waals surface area contributed by atoms with Gasteiger partial charge in [-0.3, -0.25) is 19.3 Å². The number of hydrogen-bond acceptors (Lipinski definition) is 6. The van der Waals surface area contributed by atoms with Gasteiger partial charge in [0.15, 0.2) is 11.5 Å². The summed E-state index contributed by atoms with van der Waals surface area (Å²) in [4.78, 5) is 48.9. The standard InChI is InChI=1S/C15H13N3O6/c1-2-5-17-13(20)14(21)18(15(17)22)7-12(19)16-9-3-4-10-11(6-9)24-8-23-10/h2-4,6H,1,5,7-8H2,(H,16,19). The van der Waals surface area contributed by atoms with Crippen LogP contribution in [0.15, 0.2) is 30.9 Å². The molecule has 2 aliphatic heterocycles. The lowest BCUT2D eigenvalue weighted by Crippen LogP contribution is -2.39. The van der Waals surface area contributed by atoms with Gasteiger partial charge in [0.2, 0.25) is 12.7 Å². The van der Waals surface area contributed by atoms with Gasteiger partial charge in [-0.25, -0.2) is 9.69 Å². The van der Waals surface area contributed by atoms with Crippen LogP contribution in [0.4, 0.5) is 10.5 Å². The van der Waals surface area contributed by atoms with Crippen molar-refractivity contribution in [1.29, 1.82) is 0 Å². The summed E-state index contributed by atoms with van der Waals surface area (Å²) >= 11 is 0. The Bertz CT molecular complexity index is 760. The van der Waals surface area contributed by atoms with Crippen LogP contribution in [-0.4, -0.2) is 53.4 Å². The van der Waals surface area contributed by atoms with Crippen LogP contribution in [0.3, 0.4) is 0 Å². The van der Waals surface area contributed by atoms with Crippen LogP contribution >= 0.6 is 0 Å². The highest BCUT2D eigenvalue weighted by Crippen LogP contribution is 2.34. The molecule has 2 aliphatic rings. The molecule has 2 heterocycles. The smallest absolute Gasteiger partial charge is 0.335 e. The Balaban J connectivity index is 1.66. The fourth-order valence-corrected chi connectivity index (χ4v) is 2.30. The zero-order valence-corrected chi connectivity index (χ0v) is 12.5. The van der Waals surface area contributed by atoms with Crippen molar-refractivity contribution in [2.45, 2.75) is 0 Å². The van der Waals surface area contributed by atoms with Gasteiger partial charge in [0.05, 0.1) is 0 Å². The summed E-state index contributed by atoms with van der Waals surface area (Å²) < 4.78 is 10.3. The van der Waals surface area contributed by atoms with Crippen LogP contribution in [0.1, 0.15) is 0 Å². The average Bonchev–Trinajstić information content (AvgIpc) is 3.09. The number of benzene rings is 1. The first-order chi connectivity index (χ1) is 11.5. The van der Waals surface area contributed by atoms with Crippen LogP contribution in [0.2, 0.25) is 0 Å². The van der Waals surface area contributed by atoms with Crippen molar-refractivity contribution in [2.24, 2.45) is 0 Å². The second-order valence-corrected chi connectivity index (χ2v) is 4.99. The molecule has 0 bridgehead atoms. The van der Waals surface area contributed by atoms with Gasteiger partial charge in [-0.05, 0) is 12.1 Å².